The fraction of sp³-hybridized carbons (Fsp3) is 0.600. The first-order valence-corrected chi connectivity index (χ1v) is 7.83. The lowest BCUT2D eigenvalue weighted by Gasteiger charge is -2.35. The van der Waals surface area contributed by atoms with E-state index in [4.69, 9.17) is 0 Å². The van der Waals surface area contributed by atoms with Crippen LogP contribution in [0.3, 0.4) is 0 Å². The number of amides is 4. The van der Waals surface area contributed by atoms with Crippen LogP contribution in [-0.2, 0) is 9.59 Å². The van der Waals surface area contributed by atoms with Crippen molar-refractivity contribution in [2.24, 2.45) is 0 Å². The number of hydrogen-bond donors (Lipinski definition) is 2. The minimum absolute atomic E-state index is 0.0764. The van der Waals surface area contributed by atoms with Gasteiger partial charge in [0.25, 0.3) is 5.91 Å². The first kappa shape index (κ1) is 15.5. The van der Waals surface area contributed by atoms with Crippen LogP contribution in [0.1, 0.15) is 44.8 Å². The van der Waals surface area contributed by atoms with Crippen molar-refractivity contribution >= 4 is 17.8 Å². The maximum Gasteiger partial charge on any atom is 0.325 e. The molecule has 0 unspecified atom stereocenters. The Balaban J connectivity index is 1.74. The molecular formula is C15H21N5O3. The van der Waals surface area contributed by atoms with Crippen molar-refractivity contribution < 1.29 is 14.4 Å². The largest absolute Gasteiger partial charge is 0.333 e. The van der Waals surface area contributed by atoms with Crippen LogP contribution in [0.15, 0.2) is 12.3 Å². The highest BCUT2D eigenvalue weighted by Crippen LogP contribution is 2.30. The highest BCUT2D eigenvalue weighted by Gasteiger charge is 2.45. The van der Waals surface area contributed by atoms with Gasteiger partial charge in [0.1, 0.15) is 12.1 Å². The average molecular weight is 319 g/mol. The summed E-state index contributed by atoms with van der Waals surface area (Å²) in [4.78, 5) is 39.6. The van der Waals surface area contributed by atoms with Gasteiger partial charge >= 0.3 is 6.03 Å². The van der Waals surface area contributed by atoms with E-state index in [-0.39, 0.29) is 24.4 Å². The Morgan fingerprint density at radius 1 is 1.39 bits per heavy atom. The second-order valence-electron chi connectivity index (χ2n) is 6.56. The SMILES string of the molecule is CC1(C)NC(=O)N(CC(=O)N2CCCC[C@@H]2c2ccn[nH]2)C1=O. The zero-order valence-electron chi connectivity index (χ0n) is 13.3. The van der Waals surface area contributed by atoms with E-state index in [1.165, 1.54) is 0 Å². The minimum atomic E-state index is -0.956. The van der Waals surface area contributed by atoms with Crippen molar-refractivity contribution in [3.63, 3.8) is 0 Å². The van der Waals surface area contributed by atoms with Crippen molar-refractivity contribution in [2.45, 2.75) is 44.7 Å². The topological polar surface area (TPSA) is 98.4 Å². The van der Waals surface area contributed by atoms with E-state index >= 15 is 0 Å². The van der Waals surface area contributed by atoms with Crippen LogP contribution >= 0.6 is 0 Å². The molecule has 0 radical (unpaired) electrons. The Hall–Kier alpha value is -2.38. The molecule has 3 rings (SSSR count). The number of carbonyl (C=O) groups is 3. The highest BCUT2D eigenvalue weighted by atomic mass is 16.2. The average Bonchev–Trinajstić information content (AvgIpc) is 3.10. The number of aromatic amines is 1. The fourth-order valence-electron chi connectivity index (χ4n) is 3.19. The molecule has 124 valence electrons. The van der Waals surface area contributed by atoms with Crippen molar-refractivity contribution in [2.75, 3.05) is 13.1 Å². The maximum absolute atomic E-state index is 12.7. The third kappa shape index (κ3) is 2.80. The molecule has 2 aliphatic heterocycles. The minimum Gasteiger partial charge on any atom is -0.333 e. The third-order valence-corrected chi connectivity index (χ3v) is 4.44. The molecule has 0 saturated carbocycles. The van der Waals surface area contributed by atoms with Gasteiger partial charge in [0.05, 0.1) is 11.7 Å². The summed E-state index contributed by atoms with van der Waals surface area (Å²) in [5.41, 5.74) is -0.0715. The van der Waals surface area contributed by atoms with Crippen LogP contribution in [0.4, 0.5) is 4.79 Å². The maximum atomic E-state index is 12.7. The molecule has 0 aliphatic carbocycles. The van der Waals surface area contributed by atoms with Gasteiger partial charge in [0.2, 0.25) is 5.91 Å². The van der Waals surface area contributed by atoms with E-state index in [1.807, 2.05) is 6.07 Å². The van der Waals surface area contributed by atoms with Crippen molar-refractivity contribution in [1.29, 1.82) is 0 Å². The first-order valence-electron chi connectivity index (χ1n) is 7.83. The van der Waals surface area contributed by atoms with Gasteiger partial charge in [-0.3, -0.25) is 19.6 Å². The predicted octanol–water partition coefficient (Wildman–Crippen LogP) is 0.794. The number of nitrogens with one attached hydrogen (secondary N) is 2. The highest BCUT2D eigenvalue weighted by molar-refractivity contribution is 6.08. The number of nitrogens with zero attached hydrogens (tertiary/aromatic N) is 3. The van der Waals surface area contributed by atoms with Crippen LogP contribution in [-0.4, -0.2) is 56.5 Å². The Bertz CT molecular complexity index is 625. The molecule has 0 bridgehead atoms. The van der Waals surface area contributed by atoms with Gasteiger partial charge in [-0.25, -0.2) is 4.79 Å². The van der Waals surface area contributed by atoms with Gasteiger partial charge in [-0.15, -0.1) is 0 Å². The lowest BCUT2D eigenvalue weighted by molar-refractivity contribution is -0.141. The molecule has 1 aromatic heterocycles. The lowest BCUT2D eigenvalue weighted by Crippen LogP contribution is -2.47. The summed E-state index contributed by atoms with van der Waals surface area (Å²) in [7, 11) is 0. The van der Waals surface area contributed by atoms with E-state index in [0.29, 0.717) is 6.54 Å². The molecule has 2 fully saturated rings. The number of likely N-dealkylation sites (tertiary alicyclic amines) is 1. The number of imide groups is 1. The second kappa shape index (κ2) is 5.68. The third-order valence-electron chi connectivity index (χ3n) is 4.44. The zero-order chi connectivity index (χ0) is 16.6. The molecule has 8 nitrogen and oxygen atoms in total. The van der Waals surface area contributed by atoms with Gasteiger partial charge in [-0.2, -0.15) is 5.10 Å². The molecule has 2 aliphatic rings. The Morgan fingerprint density at radius 3 is 2.78 bits per heavy atom. The van der Waals surface area contributed by atoms with E-state index in [0.717, 1.165) is 29.9 Å². The summed E-state index contributed by atoms with van der Waals surface area (Å²) in [6.07, 6.45) is 4.46. The quantitative estimate of drug-likeness (QED) is 0.805. The molecule has 0 aromatic carbocycles. The summed E-state index contributed by atoms with van der Waals surface area (Å²) >= 11 is 0. The van der Waals surface area contributed by atoms with Crippen molar-refractivity contribution in [1.82, 2.24) is 25.3 Å². The number of H-pyrrole nitrogens is 1. The molecule has 3 heterocycles. The molecule has 0 spiro atoms. The molecule has 1 aromatic rings. The van der Waals surface area contributed by atoms with Gasteiger partial charge in [0, 0.05) is 12.7 Å². The summed E-state index contributed by atoms with van der Waals surface area (Å²) in [6, 6.07) is 1.27. The zero-order valence-corrected chi connectivity index (χ0v) is 13.3. The van der Waals surface area contributed by atoms with Crippen LogP contribution in [0.25, 0.3) is 0 Å². The smallest absolute Gasteiger partial charge is 0.325 e. The number of aromatic nitrogens is 2. The Kier molecular flexibility index (Phi) is 3.83. The standard InChI is InChI=1S/C15H21N5O3/c1-15(2)13(22)20(14(23)17-15)9-12(21)19-8-4-3-5-11(19)10-6-7-16-18-10/h6-7,11H,3-5,8-9H2,1-2H3,(H,16,18)(H,17,23)/t11-/m1/s1. The van der Waals surface area contributed by atoms with E-state index < -0.39 is 11.6 Å². The summed E-state index contributed by atoms with van der Waals surface area (Å²) in [5.74, 6) is -0.587. The van der Waals surface area contributed by atoms with Gasteiger partial charge < -0.3 is 10.2 Å². The summed E-state index contributed by atoms with van der Waals surface area (Å²) < 4.78 is 0. The monoisotopic (exact) mass is 319 g/mol. The van der Waals surface area contributed by atoms with E-state index in [1.54, 1.807) is 24.9 Å². The summed E-state index contributed by atoms with van der Waals surface area (Å²) in [6.45, 7) is 3.66. The van der Waals surface area contributed by atoms with Crippen LogP contribution < -0.4 is 5.32 Å². The first-order chi connectivity index (χ1) is 10.9. The lowest BCUT2D eigenvalue weighted by atomic mass is 9.99. The molecule has 8 heteroatoms. The molecule has 1 atom stereocenters. The van der Waals surface area contributed by atoms with Crippen molar-refractivity contribution in [3.05, 3.63) is 18.0 Å². The van der Waals surface area contributed by atoms with Gasteiger partial charge in [0.15, 0.2) is 0 Å². The van der Waals surface area contributed by atoms with Gasteiger partial charge in [-0.05, 0) is 39.2 Å². The van der Waals surface area contributed by atoms with Crippen LogP contribution in [0, 0.1) is 0 Å². The number of urea groups is 1. The Labute approximate surface area is 134 Å². The number of carbonyl (C=O) groups excluding carboxylic acids is 3. The van der Waals surface area contributed by atoms with Crippen molar-refractivity contribution in [3.8, 4) is 0 Å². The molecule has 23 heavy (non-hydrogen) atoms. The van der Waals surface area contributed by atoms with Crippen LogP contribution in [0.2, 0.25) is 0 Å². The fourth-order valence-corrected chi connectivity index (χ4v) is 3.19. The summed E-state index contributed by atoms with van der Waals surface area (Å²) in [5, 5.41) is 9.45. The van der Waals surface area contributed by atoms with Crippen LogP contribution in [0.5, 0.6) is 0 Å². The molecular weight excluding hydrogens is 298 g/mol. The molecule has 2 N–H and O–H groups in total. The number of piperidine rings is 1. The predicted molar refractivity (Wildman–Crippen MR) is 81.2 cm³/mol. The van der Waals surface area contributed by atoms with Gasteiger partial charge in [-0.1, -0.05) is 0 Å². The number of rotatable bonds is 3. The number of hydrogen-bond acceptors (Lipinski definition) is 4. The normalized spacial score (nSPS) is 24.0. The Morgan fingerprint density at radius 2 is 2.17 bits per heavy atom. The van der Waals surface area contributed by atoms with E-state index in [9.17, 15) is 14.4 Å². The molecule has 2 saturated heterocycles. The molecule has 4 amide bonds. The van der Waals surface area contributed by atoms with E-state index in [2.05, 4.69) is 15.5 Å². The second-order valence-corrected chi connectivity index (χ2v) is 6.56.